The second kappa shape index (κ2) is 8.35. The highest BCUT2D eigenvalue weighted by Gasteiger charge is 2.13. The Morgan fingerprint density at radius 1 is 1.13 bits per heavy atom. The summed E-state index contributed by atoms with van der Waals surface area (Å²) in [7, 11) is 0. The van der Waals surface area contributed by atoms with Crippen molar-refractivity contribution in [1.82, 2.24) is 0 Å². The van der Waals surface area contributed by atoms with Gasteiger partial charge in [0.25, 0.3) is 0 Å². The molecule has 122 valence electrons. The van der Waals surface area contributed by atoms with Gasteiger partial charge in [-0.1, -0.05) is 6.07 Å². The van der Waals surface area contributed by atoms with Crippen LogP contribution in [-0.4, -0.2) is 21.9 Å². The number of hydrogen-bond donors (Lipinski definition) is 3. The normalized spacial score (nSPS) is 10.6. The highest BCUT2D eigenvalue weighted by atomic mass is 79.9. The molecule has 0 saturated carbocycles. The Morgan fingerprint density at radius 2 is 1.91 bits per heavy atom. The molecule has 0 unspecified atom stereocenters. The molecule has 7 heteroatoms. The van der Waals surface area contributed by atoms with Crippen molar-refractivity contribution in [2.24, 2.45) is 0 Å². The number of anilines is 1. The summed E-state index contributed by atoms with van der Waals surface area (Å²) in [6, 6.07) is 6.67. The van der Waals surface area contributed by atoms with E-state index < -0.39 is 0 Å². The summed E-state index contributed by atoms with van der Waals surface area (Å²) in [5.74, 6) is -0.366. The first-order valence-corrected chi connectivity index (χ1v) is 8.61. The fourth-order valence-electron chi connectivity index (χ4n) is 2.02. The molecule has 0 fully saturated rings. The predicted octanol–water partition coefficient (Wildman–Crippen LogP) is 3.10. The van der Waals surface area contributed by atoms with Crippen LogP contribution in [0.1, 0.15) is 33.6 Å². The van der Waals surface area contributed by atoms with E-state index in [2.05, 4.69) is 21.2 Å². The lowest BCUT2D eigenvalue weighted by molar-refractivity contribution is -0.116. The number of Topliss-reactive ketones (excluding diaryl/α,β-unsaturated/α-hetero) is 1. The number of thiophene rings is 1. The second-order valence-corrected chi connectivity index (χ2v) is 6.74. The molecule has 0 aliphatic rings. The van der Waals surface area contributed by atoms with E-state index >= 15 is 0 Å². The number of aliphatic hydroxyl groups excluding tert-OH is 2. The Bertz CT molecular complexity index is 714. The number of halogens is 1. The van der Waals surface area contributed by atoms with Crippen LogP contribution in [0, 0.1) is 0 Å². The molecule has 0 saturated heterocycles. The van der Waals surface area contributed by atoms with Gasteiger partial charge in [0.2, 0.25) is 5.91 Å². The van der Waals surface area contributed by atoms with Crippen LogP contribution in [0.3, 0.4) is 0 Å². The van der Waals surface area contributed by atoms with Gasteiger partial charge in [-0.2, -0.15) is 0 Å². The summed E-state index contributed by atoms with van der Waals surface area (Å²) >= 11 is 4.63. The highest BCUT2D eigenvalue weighted by molar-refractivity contribution is 9.10. The number of carbonyl (C=O) groups excluding carboxylic acids is 2. The Hall–Kier alpha value is -1.54. The lowest BCUT2D eigenvalue weighted by Crippen LogP contribution is -2.14. The molecule has 0 radical (unpaired) electrons. The first kappa shape index (κ1) is 17.8. The molecule has 1 amide bonds. The van der Waals surface area contributed by atoms with E-state index in [0.29, 0.717) is 21.7 Å². The van der Waals surface area contributed by atoms with Crippen molar-refractivity contribution in [1.29, 1.82) is 0 Å². The molecular formula is C16H16BrNO4S. The first-order chi connectivity index (χ1) is 11.0. The summed E-state index contributed by atoms with van der Waals surface area (Å²) in [5.41, 5.74) is 1.67. The molecular weight excluding hydrogens is 382 g/mol. The molecule has 1 aromatic heterocycles. The molecule has 5 nitrogen and oxygen atoms in total. The molecule has 0 atom stereocenters. The van der Waals surface area contributed by atoms with Gasteiger partial charge in [0.15, 0.2) is 5.78 Å². The topological polar surface area (TPSA) is 86.6 Å². The van der Waals surface area contributed by atoms with Crippen molar-refractivity contribution in [2.45, 2.75) is 26.1 Å². The van der Waals surface area contributed by atoms with Crippen molar-refractivity contribution in [2.75, 3.05) is 5.32 Å². The largest absolute Gasteiger partial charge is 0.392 e. The Kier molecular flexibility index (Phi) is 6.47. The predicted molar refractivity (Wildman–Crippen MR) is 92.5 cm³/mol. The maximum atomic E-state index is 12.0. The standard InChI is InChI=1S/C16H16BrNO4S/c17-12-6-15(23-9-12)14(21)3-4-16(22)18-13-2-1-10(7-19)5-11(13)8-20/h1-2,5-6,9,19-20H,3-4,7-8H2,(H,18,22). The third-order valence-electron chi connectivity index (χ3n) is 3.22. The van der Waals surface area contributed by atoms with E-state index in [1.807, 2.05) is 5.38 Å². The van der Waals surface area contributed by atoms with Crippen LogP contribution in [0.4, 0.5) is 5.69 Å². The van der Waals surface area contributed by atoms with Crippen LogP contribution < -0.4 is 5.32 Å². The minimum absolute atomic E-state index is 0.0704. The zero-order valence-electron chi connectivity index (χ0n) is 12.2. The minimum atomic E-state index is -0.291. The second-order valence-electron chi connectivity index (χ2n) is 4.91. The lowest BCUT2D eigenvalue weighted by Gasteiger charge is -2.10. The van der Waals surface area contributed by atoms with Gasteiger partial charge in [-0.05, 0) is 39.7 Å². The lowest BCUT2D eigenvalue weighted by atomic mass is 10.1. The fourth-order valence-corrected chi connectivity index (χ4v) is 3.42. The quantitative estimate of drug-likeness (QED) is 0.626. The van der Waals surface area contributed by atoms with Gasteiger partial charge in [-0.15, -0.1) is 11.3 Å². The van der Waals surface area contributed by atoms with Crippen molar-refractivity contribution in [3.63, 3.8) is 0 Å². The molecule has 23 heavy (non-hydrogen) atoms. The van der Waals surface area contributed by atoms with Crippen molar-refractivity contribution in [3.8, 4) is 0 Å². The van der Waals surface area contributed by atoms with Crippen LogP contribution in [0.2, 0.25) is 0 Å². The summed E-state index contributed by atoms with van der Waals surface area (Å²) in [4.78, 5) is 24.6. The monoisotopic (exact) mass is 397 g/mol. The molecule has 0 aliphatic carbocycles. The molecule has 1 aromatic carbocycles. The zero-order valence-corrected chi connectivity index (χ0v) is 14.6. The molecule has 2 aromatic rings. The van der Waals surface area contributed by atoms with Crippen LogP contribution >= 0.6 is 27.3 Å². The summed E-state index contributed by atoms with van der Waals surface area (Å²) in [5, 5.41) is 22.9. The smallest absolute Gasteiger partial charge is 0.224 e. The van der Waals surface area contributed by atoms with Gasteiger partial charge in [0.05, 0.1) is 18.1 Å². The number of hydrogen-bond acceptors (Lipinski definition) is 5. The average molecular weight is 398 g/mol. The van der Waals surface area contributed by atoms with E-state index in [0.717, 1.165) is 4.47 Å². The Morgan fingerprint density at radius 3 is 2.52 bits per heavy atom. The van der Waals surface area contributed by atoms with E-state index in [-0.39, 0.29) is 37.7 Å². The number of rotatable bonds is 7. The molecule has 0 aliphatic heterocycles. The number of ketones is 1. The molecule has 0 spiro atoms. The van der Waals surface area contributed by atoms with Gasteiger partial charge >= 0.3 is 0 Å². The fraction of sp³-hybridized carbons (Fsp3) is 0.250. The third-order valence-corrected chi connectivity index (χ3v) is 4.95. The van der Waals surface area contributed by atoms with Gasteiger partial charge in [0, 0.05) is 33.9 Å². The number of nitrogens with one attached hydrogen (secondary N) is 1. The molecule has 1 heterocycles. The number of amides is 1. The number of carbonyl (C=O) groups is 2. The molecule has 2 rings (SSSR count). The Balaban J connectivity index is 1.93. The Labute approximate surface area is 146 Å². The number of aliphatic hydroxyl groups is 2. The van der Waals surface area contributed by atoms with Gasteiger partial charge in [0.1, 0.15) is 0 Å². The van der Waals surface area contributed by atoms with Crippen molar-refractivity contribution < 1.29 is 19.8 Å². The highest BCUT2D eigenvalue weighted by Crippen LogP contribution is 2.22. The van der Waals surface area contributed by atoms with Gasteiger partial charge < -0.3 is 15.5 Å². The van der Waals surface area contributed by atoms with E-state index in [1.165, 1.54) is 11.3 Å². The van der Waals surface area contributed by atoms with E-state index in [1.54, 1.807) is 24.3 Å². The summed E-state index contributed by atoms with van der Waals surface area (Å²) < 4.78 is 0.854. The third kappa shape index (κ3) is 4.97. The molecule has 3 N–H and O–H groups in total. The van der Waals surface area contributed by atoms with E-state index in [9.17, 15) is 14.7 Å². The summed E-state index contributed by atoms with van der Waals surface area (Å²) in [6.45, 7) is -0.377. The SMILES string of the molecule is O=C(CCC(=O)c1cc(Br)cs1)Nc1ccc(CO)cc1CO. The van der Waals surface area contributed by atoms with Gasteiger partial charge in [-0.25, -0.2) is 0 Å². The summed E-state index contributed by atoms with van der Waals surface area (Å²) in [6.07, 6.45) is 0.197. The maximum absolute atomic E-state index is 12.0. The van der Waals surface area contributed by atoms with Crippen LogP contribution in [0.25, 0.3) is 0 Å². The van der Waals surface area contributed by atoms with Crippen LogP contribution in [0.15, 0.2) is 34.1 Å². The van der Waals surface area contributed by atoms with Crippen molar-refractivity contribution >= 4 is 44.6 Å². The van der Waals surface area contributed by atoms with E-state index in [4.69, 9.17) is 5.11 Å². The van der Waals surface area contributed by atoms with Gasteiger partial charge in [-0.3, -0.25) is 9.59 Å². The first-order valence-electron chi connectivity index (χ1n) is 6.94. The van der Waals surface area contributed by atoms with Crippen LogP contribution in [-0.2, 0) is 18.0 Å². The average Bonchev–Trinajstić information content (AvgIpc) is 2.99. The minimum Gasteiger partial charge on any atom is -0.392 e. The molecule has 0 bridgehead atoms. The maximum Gasteiger partial charge on any atom is 0.224 e. The zero-order chi connectivity index (χ0) is 16.8. The number of benzene rings is 1. The van der Waals surface area contributed by atoms with Crippen molar-refractivity contribution in [3.05, 3.63) is 50.1 Å². The van der Waals surface area contributed by atoms with Crippen LogP contribution in [0.5, 0.6) is 0 Å².